The zero-order valence-electron chi connectivity index (χ0n) is 13.6. The number of esters is 1. The maximum atomic E-state index is 11.2. The number of unbranched alkanes of at least 4 members (excludes halogenated alkanes) is 2. The molecule has 0 aliphatic heterocycles. The summed E-state index contributed by atoms with van der Waals surface area (Å²) in [6, 6.07) is 0. The van der Waals surface area contributed by atoms with Gasteiger partial charge in [-0.05, 0) is 32.6 Å². The molecular formula is C16H26O7. The molecule has 0 aliphatic carbocycles. The fourth-order valence-corrected chi connectivity index (χ4v) is 1.96. The molecule has 0 aromatic carbocycles. The molecule has 0 bridgehead atoms. The topological polar surface area (TPSA) is 110 Å². The summed E-state index contributed by atoms with van der Waals surface area (Å²) in [4.78, 5) is 32.6. The second-order valence-corrected chi connectivity index (χ2v) is 5.58. The van der Waals surface area contributed by atoms with E-state index in [1.807, 2.05) is 0 Å². The van der Waals surface area contributed by atoms with Gasteiger partial charge in [-0.1, -0.05) is 13.0 Å². The molecule has 1 unspecified atom stereocenters. The Morgan fingerprint density at radius 3 is 2.13 bits per heavy atom. The van der Waals surface area contributed by atoms with Gasteiger partial charge < -0.3 is 19.7 Å². The van der Waals surface area contributed by atoms with Gasteiger partial charge in [-0.3, -0.25) is 9.59 Å². The van der Waals surface area contributed by atoms with Crippen molar-refractivity contribution in [3.05, 3.63) is 12.7 Å². The van der Waals surface area contributed by atoms with E-state index in [0.29, 0.717) is 45.5 Å². The van der Waals surface area contributed by atoms with Crippen LogP contribution in [0, 0.1) is 5.41 Å². The Hall–Kier alpha value is -1.89. The molecule has 0 aromatic rings. The van der Waals surface area contributed by atoms with Gasteiger partial charge in [0.25, 0.3) is 0 Å². The molecule has 1 atom stereocenters. The van der Waals surface area contributed by atoms with Crippen molar-refractivity contribution >= 4 is 17.9 Å². The van der Waals surface area contributed by atoms with Crippen molar-refractivity contribution in [2.45, 2.75) is 45.4 Å². The number of ether oxygens (including phenoxy) is 2. The molecule has 0 saturated carbocycles. The molecule has 0 saturated heterocycles. The van der Waals surface area contributed by atoms with E-state index in [-0.39, 0.29) is 6.42 Å². The van der Waals surface area contributed by atoms with Gasteiger partial charge in [0.1, 0.15) is 0 Å². The van der Waals surface area contributed by atoms with E-state index in [0.717, 1.165) is 12.5 Å². The number of carboxylic acid groups (broad SMARTS) is 2. The number of carbonyl (C=O) groups is 3. The van der Waals surface area contributed by atoms with Crippen LogP contribution in [0.4, 0.5) is 0 Å². The standard InChI is InChI=1S/C16H26O7/c1-3-14(19)23-11-7-6-10-22-9-5-4-8-16(2,15(20)21)12-13(17)18/h3H,1,4-12H2,2H3,(H,17,18)(H,20,21). The largest absolute Gasteiger partial charge is 0.481 e. The lowest BCUT2D eigenvalue weighted by molar-refractivity contribution is -0.155. The summed E-state index contributed by atoms with van der Waals surface area (Å²) in [6.07, 6.45) is 3.76. The minimum absolute atomic E-state index is 0.301. The highest BCUT2D eigenvalue weighted by Gasteiger charge is 2.34. The zero-order chi connectivity index (χ0) is 17.7. The van der Waals surface area contributed by atoms with Crippen LogP contribution in [0.5, 0.6) is 0 Å². The fourth-order valence-electron chi connectivity index (χ4n) is 1.96. The van der Waals surface area contributed by atoms with Crippen LogP contribution in [0.25, 0.3) is 0 Å². The molecule has 0 rings (SSSR count). The van der Waals surface area contributed by atoms with Gasteiger partial charge in [-0.2, -0.15) is 0 Å². The highest BCUT2D eigenvalue weighted by Crippen LogP contribution is 2.28. The molecule has 7 heteroatoms. The smallest absolute Gasteiger partial charge is 0.330 e. The van der Waals surface area contributed by atoms with E-state index in [1.165, 1.54) is 6.92 Å². The number of carboxylic acids is 2. The molecule has 0 aliphatic rings. The van der Waals surface area contributed by atoms with Gasteiger partial charge in [0, 0.05) is 19.3 Å². The summed E-state index contributed by atoms with van der Waals surface area (Å²) < 4.78 is 10.2. The summed E-state index contributed by atoms with van der Waals surface area (Å²) in [5, 5.41) is 17.9. The molecule has 132 valence electrons. The van der Waals surface area contributed by atoms with Gasteiger partial charge >= 0.3 is 17.9 Å². The van der Waals surface area contributed by atoms with Crippen molar-refractivity contribution in [3.8, 4) is 0 Å². The maximum absolute atomic E-state index is 11.2. The predicted molar refractivity (Wildman–Crippen MR) is 83.1 cm³/mol. The second kappa shape index (κ2) is 11.6. The van der Waals surface area contributed by atoms with Crippen LogP contribution in [0.1, 0.15) is 45.4 Å². The minimum Gasteiger partial charge on any atom is -0.481 e. The van der Waals surface area contributed by atoms with Crippen LogP contribution >= 0.6 is 0 Å². The number of hydrogen-bond donors (Lipinski definition) is 2. The quantitative estimate of drug-likeness (QED) is 0.285. The average Bonchev–Trinajstić information content (AvgIpc) is 2.47. The van der Waals surface area contributed by atoms with Crippen molar-refractivity contribution in [3.63, 3.8) is 0 Å². The first-order valence-corrected chi connectivity index (χ1v) is 7.64. The second-order valence-electron chi connectivity index (χ2n) is 5.58. The van der Waals surface area contributed by atoms with Crippen LogP contribution in [0.2, 0.25) is 0 Å². The molecule has 0 radical (unpaired) electrons. The molecule has 0 spiro atoms. The number of aliphatic carboxylic acids is 2. The van der Waals surface area contributed by atoms with Crippen molar-refractivity contribution in [1.82, 2.24) is 0 Å². The van der Waals surface area contributed by atoms with Crippen molar-refractivity contribution in [2.75, 3.05) is 19.8 Å². The van der Waals surface area contributed by atoms with E-state index in [9.17, 15) is 14.4 Å². The first-order chi connectivity index (χ1) is 10.8. The Balaban J connectivity index is 3.64. The Bertz CT molecular complexity index is 405. The summed E-state index contributed by atoms with van der Waals surface area (Å²) in [7, 11) is 0. The maximum Gasteiger partial charge on any atom is 0.330 e. The van der Waals surface area contributed by atoms with E-state index in [2.05, 4.69) is 6.58 Å². The molecule has 0 amide bonds. The third-order valence-corrected chi connectivity index (χ3v) is 3.42. The normalized spacial score (nSPS) is 13.1. The van der Waals surface area contributed by atoms with Crippen molar-refractivity contribution in [1.29, 1.82) is 0 Å². The fraction of sp³-hybridized carbons (Fsp3) is 0.688. The van der Waals surface area contributed by atoms with Gasteiger partial charge in [0.2, 0.25) is 0 Å². The van der Waals surface area contributed by atoms with Crippen LogP contribution in [-0.4, -0.2) is 47.9 Å². The van der Waals surface area contributed by atoms with Crippen LogP contribution in [-0.2, 0) is 23.9 Å². The van der Waals surface area contributed by atoms with Crippen molar-refractivity contribution in [2.24, 2.45) is 5.41 Å². The zero-order valence-corrected chi connectivity index (χ0v) is 13.6. The highest BCUT2D eigenvalue weighted by atomic mass is 16.5. The molecule has 0 heterocycles. The molecule has 0 aromatic heterocycles. The van der Waals surface area contributed by atoms with E-state index in [1.54, 1.807) is 0 Å². The lowest BCUT2D eigenvalue weighted by Crippen LogP contribution is -2.30. The van der Waals surface area contributed by atoms with E-state index >= 15 is 0 Å². The monoisotopic (exact) mass is 330 g/mol. The number of rotatable bonds is 14. The van der Waals surface area contributed by atoms with Crippen LogP contribution < -0.4 is 0 Å². The molecule has 7 nitrogen and oxygen atoms in total. The SMILES string of the molecule is C=CC(=O)OCCCCOCCCCC(C)(CC(=O)O)C(=O)O. The van der Waals surface area contributed by atoms with Gasteiger partial charge in [-0.15, -0.1) is 0 Å². The number of carbonyl (C=O) groups excluding carboxylic acids is 1. The minimum atomic E-state index is -1.24. The first kappa shape index (κ1) is 21.1. The number of hydrogen-bond acceptors (Lipinski definition) is 5. The Labute approximate surface area is 136 Å². The lowest BCUT2D eigenvalue weighted by atomic mass is 9.82. The molecular weight excluding hydrogens is 304 g/mol. The van der Waals surface area contributed by atoms with Gasteiger partial charge in [-0.25, -0.2) is 4.79 Å². The molecule has 0 fully saturated rings. The average molecular weight is 330 g/mol. The van der Waals surface area contributed by atoms with E-state index in [4.69, 9.17) is 19.7 Å². The van der Waals surface area contributed by atoms with Gasteiger partial charge in [0.15, 0.2) is 0 Å². The lowest BCUT2D eigenvalue weighted by Gasteiger charge is -2.22. The van der Waals surface area contributed by atoms with E-state index < -0.39 is 23.3 Å². The Morgan fingerprint density at radius 1 is 1.04 bits per heavy atom. The summed E-state index contributed by atoms with van der Waals surface area (Å²) >= 11 is 0. The highest BCUT2D eigenvalue weighted by molar-refractivity contribution is 5.81. The van der Waals surface area contributed by atoms with Gasteiger partial charge in [0.05, 0.1) is 18.4 Å². The summed E-state index contributed by atoms with van der Waals surface area (Å²) in [5.41, 5.74) is -1.24. The third kappa shape index (κ3) is 10.5. The molecule has 23 heavy (non-hydrogen) atoms. The summed E-state index contributed by atoms with van der Waals surface area (Å²) in [5.74, 6) is -2.63. The first-order valence-electron chi connectivity index (χ1n) is 7.64. The predicted octanol–water partition coefficient (Wildman–Crippen LogP) is 2.25. The molecule has 2 N–H and O–H groups in total. The van der Waals surface area contributed by atoms with Crippen LogP contribution in [0.3, 0.4) is 0 Å². The summed E-state index contributed by atoms with van der Waals surface area (Å²) in [6.45, 7) is 6.11. The Kier molecular flexibility index (Phi) is 10.7. The Morgan fingerprint density at radius 2 is 1.61 bits per heavy atom. The van der Waals surface area contributed by atoms with Crippen LogP contribution in [0.15, 0.2) is 12.7 Å². The van der Waals surface area contributed by atoms with Crippen molar-refractivity contribution < 1.29 is 34.1 Å². The third-order valence-electron chi connectivity index (χ3n) is 3.42.